The van der Waals surface area contributed by atoms with E-state index in [2.05, 4.69) is 48.6 Å². The summed E-state index contributed by atoms with van der Waals surface area (Å²) >= 11 is 5.08. The van der Waals surface area contributed by atoms with Crippen LogP contribution in [0.5, 0.6) is 0 Å². The Morgan fingerprint density at radius 2 is 1.42 bits per heavy atom. The van der Waals surface area contributed by atoms with Crippen molar-refractivity contribution in [2.45, 2.75) is 86.5 Å². The molecule has 1 saturated heterocycles. The number of nitriles is 1. The van der Waals surface area contributed by atoms with Crippen molar-refractivity contribution in [3.63, 3.8) is 0 Å². The first-order valence-electron chi connectivity index (χ1n) is 21.6. The van der Waals surface area contributed by atoms with Crippen molar-refractivity contribution in [1.82, 2.24) is 26.2 Å². The van der Waals surface area contributed by atoms with E-state index in [0.717, 1.165) is 74.0 Å². The van der Waals surface area contributed by atoms with Gasteiger partial charge in [-0.2, -0.15) is 5.26 Å². The number of anilines is 1. The van der Waals surface area contributed by atoms with E-state index in [-0.39, 0.29) is 60.1 Å². The van der Waals surface area contributed by atoms with Crippen molar-refractivity contribution >= 4 is 91.1 Å². The Morgan fingerprint density at radius 3 is 2.16 bits per heavy atom. The lowest BCUT2D eigenvalue weighted by Gasteiger charge is -2.27. The van der Waals surface area contributed by atoms with Gasteiger partial charge in [0, 0.05) is 81.9 Å². The highest BCUT2D eigenvalue weighted by atomic mass is 79.9. The predicted octanol–water partition coefficient (Wildman–Crippen LogP) is 7.03. The van der Waals surface area contributed by atoms with Crippen molar-refractivity contribution in [2.75, 3.05) is 31.5 Å². The first-order valence-corrected chi connectivity index (χ1v) is 23.2. The minimum Gasteiger partial charge on any atom is -0.384 e. The van der Waals surface area contributed by atoms with E-state index in [1.165, 1.54) is 0 Å². The molecule has 4 aromatic carbocycles. The van der Waals surface area contributed by atoms with E-state index < -0.39 is 29.7 Å². The van der Waals surface area contributed by atoms with Crippen molar-refractivity contribution in [1.29, 1.82) is 5.26 Å². The number of rotatable bonds is 21. The van der Waals surface area contributed by atoms with E-state index >= 15 is 0 Å². The number of carbonyl (C=O) groups is 7. The van der Waals surface area contributed by atoms with Crippen LogP contribution in [0.25, 0.3) is 16.5 Å². The number of hydrogen-bond acceptors (Lipinski definition) is 11. The summed E-state index contributed by atoms with van der Waals surface area (Å²) in [5, 5.41) is 26.3. The van der Waals surface area contributed by atoms with Crippen molar-refractivity contribution in [3.05, 3.63) is 105 Å². The summed E-state index contributed by atoms with van der Waals surface area (Å²) < 4.78 is 0.988. The van der Waals surface area contributed by atoms with Crippen LogP contribution in [0.15, 0.2) is 92.6 Å². The number of nitrogens with one attached hydrogen (secondary N) is 5. The molecule has 6 amide bonds. The molecule has 7 rings (SSSR count). The number of carbonyl (C=O) groups excluding carboxylic acids is 7. The zero-order chi connectivity index (χ0) is 45.2. The zero-order valence-corrected chi connectivity index (χ0v) is 37.6. The molecular weight excluding hydrogens is 899 g/mol. The van der Waals surface area contributed by atoms with Crippen LogP contribution in [-0.4, -0.2) is 78.3 Å². The van der Waals surface area contributed by atoms with Crippen LogP contribution in [0.2, 0.25) is 0 Å². The second-order valence-electron chi connectivity index (χ2n) is 15.8. The molecule has 2 aliphatic heterocycles. The van der Waals surface area contributed by atoms with Gasteiger partial charge in [0.25, 0.3) is 11.8 Å². The highest BCUT2D eigenvalue weighted by molar-refractivity contribution is 9.10. The second kappa shape index (κ2) is 21.4. The van der Waals surface area contributed by atoms with Gasteiger partial charge >= 0.3 is 0 Å². The number of benzene rings is 4. The van der Waals surface area contributed by atoms with E-state index in [1.54, 1.807) is 36.0 Å². The summed E-state index contributed by atoms with van der Waals surface area (Å²) in [5.74, 6) is -2.64. The fourth-order valence-corrected chi connectivity index (χ4v) is 9.39. The number of fused-ring (bicyclic) bond motifs is 1. The predicted molar refractivity (Wildman–Crippen MR) is 246 cm³/mol. The summed E-state index contributed by atoms with van der Waals surface area (Å²) in [7, 11) is 0. The van der Waals surface area contributed by atoms with Crippen molar-refractivity contribution in [2.24, 2.45) is 0 Å². The zero-order valence-electron chi connectivity index (χ0n) is 35.2. The first-order chi connectivity index (χ1) is 31.0. The monoisotopic (exact) mass is 945 g/mol. The molecule has 2 heterocycles. The van der Waals surface area contributed by atoms with Gasteiger partial charge in [-0.15, -0.1) is 0 Å². The summed E-state index contributed by atoms with van der Waals surface area (Å²) in [6.07, 6.45) is 6.37. The molecule has 0 bridgehead atoms. The Balaban J connectivity index is 0.745. The average Bonchev–Trinajstić information content (AvgIpc) is 3.54. The quantitative estimate of drug-likeness (QED) is 0.0424. The van der Waals surface area contributed by atoms with E-state index in [1.807, 2.05) is 48.5 Å². The number of Topliss-reactive ketones (excluding diaryl/α,β-unsaturated/α-hetero) is 1. The maximum absolute atomic E-state index is 13.5. The molecule has 4 aromatic rings. The third kappa shape index (κ3) is 10.5. The maximum atomic E-state index is 13.5. The number of hydrogen-bond donors (Lipinski definition) is 5. The molecule has 64 heavy (non-hydrogen) atoms. The van der Waals surface area contributed by atoms with Gasteiger partial charge in [0.05, 0.1) is 16.8 Å². The summed E-state index contributed by atoms with van der Waals surface area (Å²) in [6.45, 7) is 1.87. The lowest BCUT2D eigenvalue weighted by atomic mass is 9.86. The Kier molecular flexibility index (Phi) is 15.3. The van der Waals surface area contributed by atoms with Crippen molar-refractivity contribution in [3.8, 4) is 6.07 Å². The SMILES string of the molecule is N#CC1=C(NCCC(=O)NCCCCCC(=O)NCCCCCCNc2cccc3c2C(=O)N(C2CCC(=O)NC2=O)C3=O)c2ccc(Sc3ccc(Br)cc3)c3cccc(c23)C1=O. The van der Waals surface area contributed by atoms with Gasteiger partial charge in [-0.1, -0.05) is 77.3 Å². The molecule has 14 nitrogen and oxygen atoms in total. The minimum atomic E-state index is -1.01. The molecule has 1 unspecified atom stereocenters. The maximum Gasteiger partial charge on any atom is 0.264 e. The summed E-state index contributed by atoms with van der Waals surface area (Å²) in [5.41, 5.74) is 2.72. The third-order valence-electron chi connectivity index (χ3n) is 11.4. The van der Waals surface area contributed by atoms with Crippen LogP contribution in [0.1, 0.15) is 107 Å². The summed E-state index contributed by atoms with van der Waals surface area (Å²) in [6, 6.07) is 23.6. The van der Waals surface area contributed by atoms with E-state index in [9.17, 15) is 38.8 Å². The fourth-order valence-electron chi connectivity index (χ4n) is 8.18. The number of halogens is 1. The molecule has 1 atom stereocenters. The van der Waals surface area contributed by atoms with Gasteiger partial charge < -0.3 is 21.3 Å². The Morgan fingerprint density at radius 1 is 0.734 bits per heavy atom. The number of amides is 6. The van der Waals surface area contributed by atoms with Crippen LogP contribution in [-0.2, 0) is 19.2 Å². The minimum absolute atomic E-state index is 0.00889. The molecule has 330 valence electrons. The standard InChI is InChI=1S/C48H48BrN7O7S/c49-29-15-17-30(18-16-29)64-38-21-19-32-42-31(38)10-8-11-33(42)45(60)35(28-50)44(32)54-27-23-40(58)53-26-7-3-4-14-39(57)52-25-6-2-1-5-24-51-36-13-9-12-34-43(36)48(63)56(47(34)62)37-20-22-41(59)55-46(37)61/h8-13,15-19,21,37,51,54H,1-7,14,20,22-27H2,(H,52,57)(H,53,58)(H,55,59,61). The Bertz CT molecular complexity index is 2590. The second-order valence-corrected chi connectivity index (χ2v) is 17.8. The largest absolute Gasteiger partial charge is 0.384 e. The molecule has 3 aliphatic rings. The van der Waals surface area contributed by atoms with E-state index in [0.29, 0.717) is 49.4 Å². The van der Waals surface area contributed by atoms with Gasteiger partial charge in [-0.3, -0.25) is 43.8 Å². The van der Waals surface area contributed by atoms with Crippen LogP contribution >= 0.6 is 27.7 Å². The number of ketones is 1. The van der Waals surface area contributed by atoms with Crippen LogP contribution in [0, 0.1) is 11.3 Å². The molecule has 16 heteroatoms. The molecule has 1 aliphatic carbocycles. The van der Waals surface area contributed by atoms with Gasteiger partial charge in [0.1, 0.15) is 17.7 Å². The lowest BCUT2D eigenvalue weighted by molar-refractivity contribution is -0.136. The molecule has 0 saturated carbocycles. The number of allylic oxidation sites excluding steroid dienone is 1. The third-order valence-corrected chi connectivity index (χ3v) is 13.0. The van der Waals surface area contributed by atoms with Gasteiger partial charge in [0.15, 0.2) is 0 Å². The van der Waals surface area contributed by atoms with Crippen LogP contribution in [0.3, 0.4) is 0 Å². The molecule has 0 aromatic heterocycles. The Hall–Kier alpha value is -6.31. The Labute approximate surface area is 383 Å². The van der Waals surface area contributed by atoms with E-state index in [4.69, 9.17) is 0 Å². The van der Waals surface area contributed by atoms with Crippen LogP contribution in [0.4, 0.5) is 5.69 Å². The highest BCUT2D eigenvalue weighted by Gasteiger charge is 2.45. The van der Waals surface area contributed by atoms with Crippen molar-refractivity contribution < 1.29 is 33.6 Å². The van der Waals surface area contributed by atoms with Gasteiger partial charge in [0.2, 0.25) is 29.4 Å². The van der Waals surface area contributed by atoms with Gasteiger partial charge in [-0.05, 0) is 80.0 Å². The molecule has 5 N–H and O–H groups in total. The smallest absolute Gasteiger partial charge is 0.264 e. The highest BCUT2D eigenvalue weighted by Crippen LogP contribution is 2.41. The lowest BCUT2D eigenvalue weighted by Crippen LogP contribution is -2.54. The fraction of sp³-hybridized carbons (Fsp3) is 0.333. The number of imide groups is 2. The normalized spacial score (nSPS) is 15.5. The summed E-state index contributed by atoms with van der Waals surface area (Å²) in [4.78, 5) is 91.8. The molecule has 1 fully saturated rings. The first kappa shape index (κ1) is 45.7. The molecule has 0 spiro atoms. The average molecular weight is 947 g/mol. The number of unbranched alkanes of at least 4 members (excludes halogenated alkanes) is 5. The van der Waals surface area contributed by atoms with Gasteiger partial charge in [-0.25, -0.2) is 0 Å². The van der Waals surface area contributed by atoms with Crippen LogP contribution < -0.4 is 26.6 Å². The number of piperidine rings is 1. The number of nitrogens with zero attached hydrogens (tertiary/aromatic N) is 2. The molecule has 0 radical (unpaired) electrons. The topological polar surface area (TPSA) is 207 Å². The molecular formula is C48H48BrN7O7S.